The van der Waals surface area contributed by atoms with Crippen molar-refractivity contribution in [2.24, 2.45) is 11.7 Å². The van der Waals surface area contributed by atoms with E-state index in [1.54, 1.807) is 12.1 Å². The van der Waals surface area contributed by atoms with Crippen molar-refractivity contribution in [2.75, 3.05) is 5.32 Å². The van der Waals surface area contributed by atoms with Crippen molar-refractivity contribution in [1.82, 2.24) is 0 Å². The lowest BCUT2D eigenvalue weighted by Gasteiger charge is -2.35. The van der Waals surface area contributed by atoms with Gasteiger partial charge in [-0.25, -0.2) is 0 Å². The predicted octanol–water partition coefficient (Wildman–Crippen LogP) is 3.13. The van der Waals surface area contributed by atoms with Crippen molar-refractivity contribution in [3.05, 3.63) is 24.3 Å². The van der Waals surface area contributed by atoms with Gasteiger partial charge in [0.15, 0.2) is 0 Å². The zero-order chi connectivity index (χ0) is 15.5. The minimum atomic E-state index is -2.94. The zero-order valence-electron chi connectivity index (χ0n) is 11.9. The SMILES string of the molecule is CC1CCCC(N)(C(=O)Nc2ccccc2OC(F)F)C1. The minimum absolute atomic E-state index is 0.0618. The summed E-state index contributed by atoms with van der Waals surface area (Å²) >= 11 is 0. The van der Waals surface area contributed by atoms with Gasteiger partial charge in [0, 0.05) is 0 Å². The summed E-state index contributed by atoms with van der Waals surface area (Å²) in [4.78, 5) is 12.4. The van der Waals surface area contributed by atoms with Crippen LogP contribution in [0.1, 0.15) is 32.6 Å². The molecule has 1 aromatic rings. The van der Waals surface area contributed by atoms with Crippen molar-refractivity contribution in [2.45, 2.75) is 44.8 Å². The topological polar surface area (TPSA) is 64.4 Å². The van der Waals surface area contributed by atoms with Crippen molar-refractivity contribution in [1.29, 1.82) is 0 Å². The first-order valence-corrected chi connectivity index (χ1v) is 7.05. The summed E-state index contributed by atoms with van der Waals surface area (Å²) in [5.41, 5.74) is 5.46. The number of rotatable bonds is 4. The van der Waals surface area contributed by atoms with Crippen LogP contribution < -0.4 is 15.8 Å². The molecule has 2 unspecified atom stereocenters. The smallest absolute Gasteiger partial charge is 0.387 e. The molecule has 1 aromatic carbocycles. The standard InChI is InChI=1S/C15H20F2N2O2/c1-10-5-4-8-15(18,9-10)13(20)19-11-6-2-3-7-12(11)21-14(16)17/h2-3,6-7,10,14H,4-5,8-9,18H2,1H3,(H,19,20). The number of hydrogen-bond acceptors (Lipinski definition) is 3. The van der Waals surface area contributed by atoms with Gasteiger partial charge >= 0.3 is 6.61 Å². The van der Waals surface area contributed by atoms with E-state index in [-0.39, 0.29) is 17.3 Å². The van der Waals surface area contributed by atoms with E-state index in [0.717, 1.165) is 12.8 Å². The maximum Gasteiger partial charge on any atom is 0.387 e. The molecule has 6 heteroatoms. The van der Waals surface area contributed by atoms with Gasteiger partial charge in [-0.3, -0.25) is 4.79 Å². The highest BCUT2D eigenvalue weighted by Gasteiger charge is 2.38. The molecule has 1 aliphatic rings. The second-order valence-electron chi connectivity index (χ2n) is 5.69. The Morgan fingerprint density at radius 3 is 2.86 bits per heavy atom. The molecule has 0 aliphatic heterocycles. The molecular weight excluding hydrogens is 278 g/mol. The first kappa shape index (κ1) is 15.7. The fourth-order valence-electron chi connectivity index (χ4n) is 2.81. The van der Waals surface area contributed by atoms with Crippen LogP contribution in [0.15, 0.2) is 24.3 Å². The molecule has 0 spiro atoms. The number of alkyl halides is 2. The summed E-state index contributed by atoms with van der Waals surface area (Å²) < 4.78 is 29.1. The van der Waals surface area contributed by atoms with Gasteiger partial charge in [-0.05, 0) is 30.9 Å². The monoisotopic (exact) mass is 298 g/mol. The number of benzene rings is 1. The minimum Gasteiger partial charge on any atom is -0.433 e. The second kappa shape index (κ2) is 6.39. The zero-order valence-corrected chi connectivity index (χ0v) is 11.9. The van der Waals surface area contributed by atoms with Gasteiger partial charge in [-0.1, -0.05) is 31.9 Å². The number of carbonyl (C=O) groups excluding carboxylic acids is 1. The van der Waals surface area contributed by atoms with Crippen LogP contribution in [0.5, 0.6) is 5.75 Å². The molecule has 0 radical (unpaired) electrons. The molecule has 0 saturated heterocycles. The molecule has 0 aromatic heterocycles. The molecule has 0 heterocycles. The van der Waals surface area contributed by atoms with E-state index >= 15 is 0 Å². The summed E-state index contributed by atoms with van der Waals surface area (Å²) in [7, 11) is 0. The highest BCUT2D eigenvalue weighted by Crippen LogP contribution is 2.33. The van der Waals surface area contributed by atoms with E-state index in [4.69, 9.17) is 5.73 Å². The van der Waals surface area contributed by atoms with Crippen LogP contribution in [0.2, 0.25) is 0 Å². The van der Waals surface area contributed by atoms with Gasteiger partial charge < -0.3 is 15.8 Å². The summed E-state index contributed by atoms with van der Waals surface area (Å²) in [6, 6.07) is 6.11. The Labute approximate surface area is 122 Å². The molecule has 2 rings (SSSR count). The van der Waals surface area contributed by atoms with Gasteiger partial charge in [0.2, 0.25) is 5.91 Å². The fourth-order valence-corrected chi connectivity index (χ4v) is 2.81. The Kier molecular flexibility index (Phi) is 4.77. The van der Waals surface area contributed by atoms with Gasteiger partial charge in [-0.2, -0.15) is 8.78 Å². The van der Waals surface area contributed by atoms with Crippen LogP contribution in [0.25, 0.3) is 0 Å². The van der Waals surface area contributed by atoms with Gasteiger partial charge in [-0.15, -0.1) is 0 Å². The summed E-state index contributed by atoms with van der Waals surface area (Å²) in [5, 5.41) is 2.62. The van der Waals surface area contributed by atoms with Crippen LogP contribution >= 0.6 is 0 Å². The molecule has 1 aliphatic carbocycles. The largest absolute Gasteiger partial charge is 0.433 e. The van der Waals surface area contributed by atoms with E-state index in [1.165, 1.54) is 12.1 Å². The van der Waals surface area contributed by atoms with E-state index in [0.29, 0.717) is 18.8 Å². The third kappa shape index (κ3) is 3.91. The molecule has 4 nitrogen and oxygen atoms in total. The molecule has 2 atom stereocenters. The lowest BCUT2D eigenvalue weighted by Crippen LogP contribution is -2.53. The van der Waals surface area contributed by atoms with Gasteiger partial charge in [0.05, 0.1) is 11.2 Å². The average molecular weight is 298 g/mol. The third-order valence-corrected chi connectivity index (χ3v) is 3.84. The third-order valence-electron chi connectivity index (χ3n) is 3.84. The molecule has 1 saturated carbocycles. The maximum absolute atomic E-state index is 12.4. The van der Waals surface area contributed by atoms with E-state index in [1.807, 2.05) is 0 Å². The Morgan fingerprint density at radius 2 is 2.19 bits per heavy atom. The Bertz CT molecular complexity index is 510. The summed E-state index contributed by atoms with van der Waals surface area (Å²) in [5.74, 6) is -0.0327. The fraction of sp³-hybridized carbons (Fsp3) is 0.533. The highest BCUT2D eigenvalue weighted by molar-refractivity contribution is 5.99. The van der Waals surface area contributed by atoms with Crippen LogP contribution in [0.3, 0.4) is 0 Å². The summed E-state index contributed by atoms with van der Waals surface area (Å²) in [6.45, 7) is -0.883. The Hall–Kier alpha value is -1.69. The molecule has 1 amide bonds. The first-order chi connectivity index (χ1) is 9.90. The molecule has 21 heavy (non-hydrogen) atoms. The number of nitrogens with two attached hydrogens (primary N) is 1. The Morgan fingerprint density at radius 1 is 1.48 bits per heavy atom. The number of ether oxygens (including phenoxy) is 1. The number of anilines is 1. The number of hydrogen-bond donors (Lipinski definition) is 2. The molecule has 0 bridgehead atoms. The highest BCUT2D eigenvalue weighted by atomic mass is 19.3. The predicted molar refractivity (Wildman–Crippen MR) is 76.3 cm³/mol. The van der Waals surface area contributed by atoms with Crippen molar-refractivity contribution in [3.63, 3.8) is 0 Å². The number of halogens is 2. The quantitative estimate of drug-likeness (QED) is 0.897. The Balaban J connectivity index is 2.12. The summed E-state index contributed by atoms with van der Waals surface area (Å²) in [6.07, 6.45) is 3.13. The number of para-hydroxylation sites is 2. The average Bonchev–Trinajstić information content (AvgIpc) is 2.40. The number of amides is 1. The first-order valence-electron chi connectivity index (χ1n) is 7.05. The number of nitrogens with one attached hydrogen (secondary N) is 1. The maximum atomic E-state index is 12.4. The van der Waals surface area contributed by atoms with Crippen molar-refractivity contribution >= 4 is 11.6 Å². The van der Waals surface area contributed by atoms with Crippen LogP contribution in [0, 0.1) is 5.92 Å². The molecule has 3 N–H and O–H groups in total. The molecular formula is C15H20F2N2O2. The normalized spacial score (nSPS) is 25.7. The van der Waals surface area contributed by atoms with E-state index in [2.05, 4.69) is 17.0 Å². The van der Waals surface area contributed by atoms with Gasteiger partial charge in [0.1, 0.15) is 5.75 Å². The lowest BCUT2D eigenvalue weighted by molar-refractivity contribution is -0.122. The molecule has 116 valence electrons. The van der Waals surface area contributed by atoms with Crippen molar-refractivity contribution < 1.29 is 18.3 Å². The van der Waals surface area contributed by atoms with E-state index in [9.17, 15) is 13.6 Å². The molecule has 1 fully saturated rings. The van der Waals surface area contributed by atoms with Crippen LogP contribution in [0.4, 0.5) is 14.5 Å². The van der Waals surface area contributed by atoms with Crippen LogP contribution in [-0.4, -0.2) is 18.1 Å². The van der Waals surface area contributed by atoms with Gasteiger partial charge in [0.25, 0.3) is 0 Å². The second-order valence-corrected chi connectivity index (χ2v) is 5.69. The van der Waals surface area contributed by atoms with Crippen LogP contribution in [-0.2, 0) is 4.79 Å². The number of carbonyl (C=O) groups is 1. The van der Waals surface area contributed by atoms with E-state index < -0.39 is 12.2 Å². The van der Waals surface area contributed by atoms with Crippen molar-refractivity contribution in [3.8, 4) is 5.75 Å². The lowest BCUT2D eigenvalue weighted by atomic mass is 9.76.